The van der Waals surface area contributed by atoms with Gasteiger partial charge >= 0.3 is 0 Å². The molecule has 24 heavy (non-hydrogen) atoms. The molecule has 0 atom stereocenters. The summed E-state index contributed by atoms with van der Waals surface area (Å²) in [6, 6.07) is 10.4. The van der Waals surface area contributed by atoms with Gasteiger partial charge in [0.05, 0.1) is 16.4 Å². The third-order valence-corrected chi connectivity index (χ3v) is 4.95. The number of hydrogen-bond donors (Lipinski definition) is 1. The van der Waals surface area contributed by atoms with Crippen molar-refractivity contribution in [3.05, 3.63) is 41.9 Å². The third-order valence-electron chi connectivity index (χ3n) is 3.95. The maximum Gasteiger partial charge on any atom is 0.175 e. The predicted molar refractivity (Wildman–Crippen MR) is 97.5 cm³/mol. The molecule has 0 unspecified atom stereocenters. The molecule has 0 aliphatic heterocycles. The number of rotatable bonds is 4. The van der Waals surface area contributed by atoms with E-state index in [1.54, 1.807) is 11.8 Å². The number of fused-ring (bicyclic) bond motifs is 2. The molecule has 0 fully saturated rings. The number of imidazole rings is 1. The molecule has 0 aliphatic carbocycles. The maximum atomic E-state index is 4.83. The highest BCUT2D eigenvalue weighted by atomic mass is 32.2. The Morgan fingerprint density at radius 1 is 1.12 bits per heavy atom. The van der Waals surface area contributed by atoms with Gasteiger partial charge in [0, 0.05) is 12.2 Å². The minimum atomic E-state index is 0.769. The summed E-state index contributed by atoms with van der Waals surface area (Å²) in [6.07, 6.45) is 1.06. The number of nitrogens with zero attached hydrogens (tertiary/aromatic N) is 4. The van der Waals surface area contributed by atoms with Crippen LogP contribution in [0.15, 0.2) is 40.5 Å². The molecule has 3 heterocycles. The SMILES string of the molecule is CCCn1c(Sc2nc(C)nc3[nH]c(C)cc23)nc2ccccc21. The number of nitrogens with one attached hydrogen (secondary N) is 1. The van der Waals surface area contributed by atoms with Crippen LogP contribution < -0.4 is 0 Å². The molecular weight excluding hydrogens is 318 g/mol. The highest BCUT2D eigenvalue weighted by Crippen LogP contribution is 2.33. The van der Waals surface area contributed by atoms with Gasteiger partial charge in [-0.2, -0.15) is 0 Å². The van der Waals surface area contributed by atoms with Crippen LogP contribution in [0.25, 0.3) is 22.1 Å². The Morgan fingerprint density at radius 2 is 1.96 bits per heavy atom. The van der Waals surface area contributed by atoms with E-state index in [-0.39, 0.29) is 0 Å². The first kappa shape index (κ1) is 15.2. The average molecular weight is 337 g/mol. The summed E-state index contributed by atoms with van der Waals surface area (Å²) in [6.45, 7) is 7.10. The Hall–Kier alpha value is -2.34. The van der Waals surface area contributed by atoms with E-state index in [9.17, 15) is 0 Å². The molecular formula is C18H19N5S. The van der Waals surface area contributed by atoms with Crippen molar-refractivity contribution >= 4 is 33.8 Å². The topological polar surface area (TPSA) is 59.4 Å². The number of aromatic amines is 1. The van der Waals surface area contributed by atoms with Crippen molar-refractivity contribution in [1.82, 2.24) is 24.5 Å². The first-order valence-corrected chi connectivity index (χ1v) is 8.94. The maximum absolute atomic E-state index is 4.83. The molecule has 122 valence electrons. The second-order valence-corrected chi connectivity index (χ2v) is 6.88. The van der Waals surface area contributed by atoms with Gasteiger partial charge in [-0.1, -0.05) is 19.1 Å². The van der Waals surface area contributed by atoms with Gasteiger partial charge in [-0.3, -0.25) is 0 Å². The van der Waals surface area contributed by atoms with Gasteiger partial charge in [0.2, 0.25) is 0 Å². The number of hydrogen-bond acceptors (Lipinski definition) is 4. The van der Waals surface area contributed by atoms with E-state index in [0.29, 0.717) is 0 Å². The van der Waals surface area contributed by atoms with Crippen molar-refractivity contribution in [3.63, 3.8) is 0 Å². The average Bonchev–Trinajstić information content (AvgIpc) is 3.08. The Balaban J connectivity index is 1.86. The summed E-state index contributed by atoms with van der Waals surface area (Å²) in [4.78, 5) is 17.3. The van der Waals surface area contributed by atoms with Gasteiger partial charge in [0.25, 0.3) is 0 Å². The van der Waals surface area contributed by atoms with Gasteiger partial charge < -0.3 is 9.55 Å². The van der Waals surface area contributed by atoms with E-state index in [1.165, 1.54) is 5.52 Å². The summed E-state index contributed by atoms with van der Waals surface area (Å²) in [5.74, 6) is 0.769. The molecule has 0 amide bonds. The fourth-order valence-electron chi connectivity index (χ4n) is 2.96. The van der Waals surface area contributed by atoms with Crippen molar-refractivity contribution < 1.29 is 0 Å². The third kappa shape index (κ3) is 2.57. The summed E-state index contributed by atoms with van der Waals surface area (Å²) < 4.78 is 2.28. The van der Waals surface area contributed by atoms with Gasteiger partial charge in [0.1, 0.15) is 16.5 Å². The van der Waals surface area contributed by atoms with E-state index in [2.05, 4.69) is 50.7 Å². The van der Waals surface area contributed by atoms with Gasteiger partial charge in [0.15, 0.2) is 5.16 Å². The lowest BCUT2D eigenvalue weighted by molar-refractivity contribution is 0.638. The minimum absolute atomic E-state index is 0.769. The predicted octanol–water partition coefficient (Wildman–Crippen LogP) is 4.49. The number of para-hydroxylation sites is 2. The molecule has 0 aliphatic rings. The quantitative estimate of drug-likeness (QED) is 0.558. The van der Waals surface area contributed by atoms with E-state index in [4.69, 9.17) is 4.98 Å². The van der Waals surface area contributed by atoms with Crippen LogP contribution in [-0.4, -0.2) is 24.5 Å². The molecule has 0 spiro atoms. The Morgan fingerprint density at radius 3 is 2.79 bits per heavy atom. The Kier molecular flexibility index (Phi) is 3.76. The van der Waals surface area contributed by atoms with Crippen molar-refractivity contribution in [2.24, 2.45) is 0 Å². The van der Waals surface area contributed by atoms with Crippen LogP contribution >= 0.6 is 11.8 Å². The van der Waals surface area contributed by atoms with Gasteiger partial charge in [-0.25, -0.2) is 15.0 Å². The number of aryl methyl sites for hydroxylation is 3. The van der Waals surface area contributed by atoms with Crippen molar-refractivity contribution in [1.29, 1.82) is 0 Å². The van der Waals surface area contributed by atoms with Gasteiger partial charge in [-0.15, -0.1) is 0 Å². The second kappa shape index (κ2) is 5.94. The normalized spacial score (nSPS) is 11.6. The van der Waals surface area contributed by atoms with Crippen LogP contribution in [0.1, 0.15) is 24.9 Å². The molecule has 0 radical (unpaired) electrons. The van der Waals surface area contributed by atoms with Crippen LogP contribution in [-0.2, 0) is 6.54 Å². The number of benzene rings is 1. The molecule has 1 aromatic carbocycles. The van der Waals surface area contributed by atoms with Crippen LogP contribution in [0, 0.1) is 13.8 Å². The first-order valence-electron chi connectivity index (χ1n) is 8.13. The van der Waals surface area contributed by atoms with E-state index in [1.807, 2.05) is 19.9 Å². The molecule has 0 saturated carbocycles. The highest BCUT2D eigenvalue weighted by Gasteiger charge is 2.15. The molecule has 3 aromatic heterocycles. The minimum Gasteiger partial charge on any atom is -0.343 e. The summed E-state index contributed by atoms with van der Waals surface area (Å²) in [5.41, 5.74) is 4.18. The molecule has 0 bridgehead atoms. The van der Waals surface area contributed by atoms with Gasteiger partial charge in [-0.05, 0) is 50.2 Å². The molecule has 4 rings (SSSR count). The lowest BCUT2D eigenvalue weighted by Crippen LogP contribution is -1.99. The van der Waals surface area contributed by atoms with E-state index in [0.717, 1.165) is 51.2 Å². The van der Waals surface area contributed by atoms with E-state index < -0.39 is 0 Å². The Labute approximate surface area is 144 Å². The molecule has 0 saturated heterocycles. The highest BCUT2D eigenvalue weighted by molar-refractivity contribution is 7.99. The zero-order valence-electron chi connectivity index (χ0n) is 14.0. The lowest BCUT2D eigenvalue weighted by atomic mass is 10.3. The largest absolute Gasteiger partial charge is 0.343 e. The number of aromatic nitrogens is 5. The summed E-state index contributed by atoms with van der Waals surface area (Å²) >= 11 is 1.62. The number of H-pyrrole nitrogens is 1. The molecule has 5 nitrogen and oxygen atoms in total. The van der Waals surface area contributed by atoms with Crippen LogP contribution in [0.5, 0.6) is 0 Å². The van der Waals surface area contributed by atoms with Crippen LogP contribution in [0.2, 0.25) is 0 Å². The van der Waals surface area contributed by atoms with Crippen molar-refractivity contribution in [2.45, 2.75) is 43.9 Å². The van der Waals surface area contributed by atoms with Crippen LogP contribution in [0.3, 0.4) is 0 Å². The fourth-order valence-corrected chi connectivity index (χ4v) is 4.02. The monoisotopic (exact) mass is 337 g/mol. The van der Waals surface area contributed by atoms with Crippen LogP contribution in [0.4, 0.5) is 0 Å². The Bertz CT molecular complexity index is 1030. The van der Waals surface area contributed by atoms with Crippen molar-refractivity contribution in [2.75, 3.05) is 0 Å². The van der Waals surface area contributed by atoms with E-state index >= 15 is 0 Å². The summed E-state index contributed by atoms with van der Waals surface area (Å²) in [7, 11) is 0. The zero-order valence-corrected chi connectivity index (χ0v) is 14.8. The van der Waals surface area contributed by atoms with Crippen molar-refractivity contribution in [3.8, 4) is 0 Å². The molecule has 6 heteroatoms. The summed E-state index contributed by atoms with van der Waals surface area (Å²) in [5, 5.41) is 2.99. The lowest BCUT2D eigenvalue weighted by Gasteiger charge is -2.07. The zero-order chi connectivity index (χ0) is 16.7. The second-order valence-electron chi connectivity index (χ2n) is 5.93. The standard InChI is InChI=1S/C18H19N5S/c1-4-9-23-15-8-6-5-7-14(15)22-18(23)24-17-13-10-11(2)19-16(13)20-12(3)21-17/h5-8,10H,4,9H2,1-3H3,(H,19,20,21). The molecule has 4 aromatic rings. The smallest absolute Gasteiger partial charge is 0.175 e. The first-order chi connectivity index (χ1) is 11.7. The molecule has 1 N–H and O–H groups in total. The fraction of sp³-hybridized carbons (Fsp3) is 0.278.